The Labute approximate surface area is 125 Å². The van der Waals surface area contributed by atoms with E-state index in [1.54, 1.807) is 17.0 Å². The van der Waals surface area contributed by atoms with Crippen LogP contribution in [0.2, 0.25) is 0 Å². The lowest BCUT2D eigenvalue weighted by molar-refractivity contribution is -0.121. The number of nitrogens with one attached hydrogen (secondary N) is 1. The van der Waals surface area contributed by atoms with Crippen LogP contribution < -0.4 is 10.2 Å². The molecule has 0 bridgehead atoms. The molecule has 1 saturated heterocycles. The monoisotopic (exact) mass is 293 g/mol. The van der Waals surface area contributed by atoms with Crippen molar-refractivity contribution in [3.8, 4) is 0 Å². The lowest BCUT2D eigenvalue weighted by Crippen LogP contribution is -2.60. The van der Waals surface area contributed by atoms with Crippen LogP contribution in [0.25, 0.3) is 0 Å². The molecule has 4 nitrogen and oxygen atoms in total. The van der Waals surface area contributed by atoms with E-state index in [0.717, 1.165) is 25.3 Å². The third-order valence-corrected chi connectivity index (χ3v) is 4.05. The van der Waals surface area contributed by atoms with Crippen molar-refractivity contribution >= 4 is 11.6 Å². The smallest absolute Gasteiger partial charge is 0.241 e. The Balaban J connectivity index is 2.08. The second-order valence-corrected chi connectivity index (χ2v) is 6.03. The number of piperazine rings is 1. The van der Waals surface area contributed by atoms with Crippen LogP contribution in [0.3, 0.4) is 0 Å². The number of likely N-dealkylation sites (N-methyl/N-ethyl adjacent to an activating group) is 1. The number of halogens is 1. The van der Waals surface area contributed by atoms with Gasteiger partial charge in [-0.05, 0) is 45.0 Å². The second kappa shape index (κ2) is 6.54. The average molecular weight is 293 g/mol. The van der Waals surface area contributed by atoms with Gasteiger partial charge in [-0.1, -0.05) is 0 Å². The van der Waals surface area contributed by atoms with Gasteiger partial charge in [0.2, 0.25) is 5.91 Å². The van der Waals surface area contributed by atoms with Gasteiger partial charge in [-0.15, -0.1) is 0 Å². The zero-order valence-corrected chi connectivity index (χ0v) is 13.0. The minimum atomic E-state index is -0.287. The van der Waals surface area contributed by atoms with Gasteiger partial charge in [-0.2, -0.15) is 0 Å². The van der Waals surface area contributed by atoms with Gasteiger partial charge < -0.3 is 10.2 Å². The summed E-state index contributed by atoms with van der Waals surface area (Å²) in [7, 11) is 0. The highest BCUT2D eigenvalue weighted by molar-refractivity contribution is 5.94. The van der Waals surface area contributed by atoms with Crippen LogP contribution in [0.5, 0.6) is 0 Å². The molecule has 1 fully saturated rings. The summed E-state index contributed by atoms with van der Waals surface area (Å²) in [5.41, 5.74) is 0.715. The molecule has 1 aliphatic rings. The van der Waals surface area contributed by atoms with Crippen LogP contribution in [0, 0.1) is 5.82 Å². The Hall–Kier alpha value is -1.46. The summed E-state index contributed by atoms with van der Waals surface area (Å²) in [6, 6.07) is 6.08. The first kappa shape index (κ1) is 15.9. The minimum Gasteiger partial charge on any atom is -0.314 e. The molecule has 21 heavy (non-hydrogen) atoms. The van der Waals surface area contributed by atoms with Crippen molar-refractivity contribution in [3.05, 3.63) is 30.1 Å². The molecule has 0 aliphatic carbocycles. The number of hydrogen-bond donors (Lipinski definition) is 1. The van der Waals surface area contributed by atoms with E-state index >= 15 is 0 Å². The molecule has 0 aromatic heterocycles. The standard InChI is InChI=1S/C16H24FN3O/c1-4-20(14-7-5-13(17)6-8-14)15(21)11-19-10-9-18-12-16(19,2)3/h5-8,18H,4,9-12H2,1-3H3. The Morgan fingerprint density at radius 3 is 2.62 bits per heavy atom. The number of amides is 1. The summed E-state index contributed by atoms with van der Waals surface area (Å²) in [6.45, 7) is 9.82. The molecular formula is C16H24FN3O. The van der Waals surface area contributed by atoms with Crippen LogP contribution in [0.4, 0.5) is 10.1 Å². The molecular weight excluding hydrogens is 269 g/mol. The molecule has 1 aromatic carbocycles. The number of anilines is 1. The fourth-order valence-electron chi connectivity index (χ4n) is 2.69. The SMILES string of the molecule is CCN(C(=O)CN1CCNCC1(C)C)c1ccc(F)cc1. The van der Waals surface area contributed by atoms with Crippen molar-refractivity contribution in [2.75, 3.05) is 37.6 Å². The molecule has 0 spiro atoms. The maximum Gasteiger partial charge on any atom is 0.241 e. The van der Waals surface area contributed by atoms with Gasteiger partial charge in [0.1, 0.15) is 5.82 Å². The molecule has 0 saturated carbocycles. The second-order valence-electron chi connectivity index (χ2n) is 6.03. The summed E-state index contributed by atoms with van der Waals surface area (Å²) >= 11 is 0. The Morgan fingerprint density at radius 2 is 2.05 bits per heavy atom. The number of carbonyl (C=O) groups is 1. The molecule has 1 aromatic rings. The van der Waals surface area contributed by atoms with Crippen molar-refractivity contribution in [1.82, 2.24) is 10.2 Å². The quantitative estimate of drug-likeness (QED) is 0.920. The number of rotatable bonds is 4. The van der Waals surface area contributed by atoms with E-state index in [0.29, 0.717) is 13.1 Å². The van der Waals surface area contributed by atoms with E-state index in [4.69, 9.17) is 0 Å². The van der Waals surface area contributed by atoms with Crippen molar-refractivity contribution in [2.24, 2.45) is 0 Å². The third kappa shape index (κ3) is 3.80. The van der Waals surface area contributed by atoms with Crippen LogP contribution in [0.15, 0.2) is 24.3 Å². The molecule has 2 rings (SSSR count). The maximum atomic E-state index is 13.0. The first-order valence-electron chi connectivity index (χ1n) is 7.46. The van der Waals surface area contributed by atoms with E-state index in [1.807, 2.05) is 6.92 Å². The lowest BCUT2D eigenvalue weighted by atomic mass is 10.0. The predicted octanol–water partition coefficient (Wildman–Crippen LogP) is 1.86. The number of benzene rings is 1. The molecule has 0 unspecified atom stereocenters. The Bertz CT molecular complexity index is 487. The van der Waals surface area contributed by atoms with Gasteiger partial charge in [0.15, 0.2) is 0 Å². The maximum absolute atomic E-state index is 13.0. The molecule has 116 valence electrons. The van der Waals surface area contributed by atoms with Crippen molar-refractivity contribution < 1.29 is 9.18 Å². The van der Waals surface area contributed by atoms with Crippen molar-refractivity contribution in [1.29, 1.82) is 0 Å². The summed E-state index contributed by atoms with van der Waals surface area (Å²) in [5, 5.41) is 3.35. The van der Waals surface area contributed by atoms with Gasteiger partial charge in [-0.25, -0.2) is 4.39 Å². The van der Waals surface area contributed by atoms with E-state index in [2.05, 4.69) is 24.1 Å². The number of nitrogens with zero attached hydrogens (tertiary/aromatic N) is 2. The molecule has 1 aliphatic heterocycles. The van der Waals surface area contributed by atoms with E-state index < -0.39 is 0 Å². The van der Waals surface area contributed by atoms with E-state index in [1.165, 1.54) is 12.1 Å². The summed E-state index contributed by atoms with van der Waals surface area (Å²) < 4.78 is 13.0. The highest BCUT2D eigenvalue weighted by atomic mass is 19.1. The van der Waals surface area contributed by atoms with Crippen molar-refractivity contribution in [2.45, 2.75) is 26.3 Å². The van der Waals surface area contributed by atoms with Crippen LogP contribution >= 0.6 is 0 Å². The molecule has 5 heteroatoms. The average Bonchev–Trinajstić information content (AvgIpc) is 2.44. The summed E-state index contributed by atoms with van der Waals surface area (Å²) in [4.78, 5) is 16.5. The molecule has 0 radical (unpaired) electrons. The van der Waals surface area contributed by atoms with E-state index in [-0.39, 0.29) is 17.3 Å². The Morgan fingerprint density at radius 1 is 1.38 bits per heavy atom. The first-order chi connectivity index (χ1) is 9.94. The summed E-state index contributed by atoms with van der Waals surface area (Å²) in [5.74, 6) is -0.232. The Kier molecular flexibility index (Phi) is 4.96. The number of hydrogen-bond acceptors (Lipinski definition) is 3. The van der Waals surface area contributed by atoms with Gasteiger partial charge in [0.05, 0.1) is 6.54 Å². The van der Waals surface area contributed by atoms with Gasteiger partial charge in [0, 0.05) is 37.4 Å². The number of carbonyl (C=O) groups excluding carboxylic acids is 1. The molecule has 1 N–H and O–H groups in total. The largest absolute Gasteiger partial charge is 0.314 e. The van der Waals surface area contributed by atoms with Crippen molar-refractivity contribution in [3.63, 3.8) is 0 Å². The van der Waals surface area contributed by atoms with Crippen LogP contribution in [0.1, 0.15) is 20.8 Å². The lowest BCUT2D eigenvalue weighted by Gasteiger charge is -2.43. The molecule has 1 amide bonds. The fourth-order valence-corrected chi connectivity index (χ4v) is 2.69. The summed E-state index contributed by atoms with van der Waals surface area (Å²) in [6.07, 6.45) is 0. The van der Waals surface area contributed by atoms with Crippen LogP contribution in [-0.2, 0) is 4.79 Å². The molecule has 1 heterocycles. The third-order valence-electron chi connectivity index (χ3n) is 4.05. The zero-order valence-electron chi connectivity index (χ0n) is 13.0. The fraction of sp³-hybridized carbons (Fsp3) is 0.562. The highest BCUT2D eigenvalue weighted by Crippen LogP contribution is 2.19. The zero-order chi connectivity index (χ0) is 15.5. The van der Waals surface area contributed by atoms with E-state index in [9.17, 15) is 9.18 Å². The predicted molar refractivity (Wildman–Crippen MR) is 82.9 cm³/mol. The van der Waals surface area contributed by atoms with Gasteiger partial charge in [0.25, 0.3) is 0 Å². The van der Waals surface area contributed by atoms with Gasteiger partial charge in [-0.3, -0.25) is 9.69 Å². The van der Waals surface area contributed by atoms with Gasteiger partial charge >= 0.3 is 0 Å². The highest BCUT2D eigenvalue weighted by Gasteiger charge is 2.31. The normalized spacial score (nSPS) is 18.5. The topological polar surface area (TPSA) is 35.6 Å². The minimum absolute atomic E-state index is 0.0316. The van der Waals surface area contributed by atoms with Crippen LogP contribution in [-0.4, -0.2) is 49.1 Å². The first-order valence-corrected chi connectivity index (χ1v) is 7.46. The molecule has 0 atom stereocenters.